The number of allylic oxidation sites excluding steroid dienone is 1. The maximum atomic E-state index is 13.4. The molecule has 35 heavy (non-hydrogen) atoms. The topological polar surface area (TPSA) is 91.8 Å². The van der Waals surface area contributed by atoms with E-state index in [1.807, 2.05) is 6.92 Å². The first kappa shape index (κ1) is 26.7. The summed E-state index contributed by atoms with van der Waals surface area (Å²) in [5, 5.41) is 8.27. The van der Waals surface area contributed by atoms with Gasteiger partial charge < -0.3 is 20.7 Å². The SMILES string of the molecule is C=C(NC=O)NC(CC1CCOC(C)C1)c1cccc(NC(=O)C2=C(C(F)(F)F)CCC=N2)c1Cl. The number of amides is 2. The molecule has 1 fully saturated rings. The molecule has 0 aromatic heterocycles. The van der Waals surface area contributed by atoms with E-state index in [4.69, 9.17) is 16.3 Å². The summed E-state index contributed by atoms with van der Waals surface area (Å²) in [6, 6.07) is 4.53. The van der Waals surface area contributed by atoms with Crippen LogP contribution >= 0.6 is 11.6 Å². The Morgan fingerprint density at radius 2 is 2.17 bits per heavy atom. The van der Waals surface area contributed by atoms with Crippen LogP contribution in [-0.4, -0.2) is 37.4 Å². The molecule has 2 aliphatic rings. The van der Waals surface area contributed by atoms with Gasteiger partial charge in [-0.1, -0.05) is 30.3 Å². The first-order valence-electron chi connectivity index (χ1n) is 11.3. The van der Waals surface area contributed by atoms with Crippen LogP contribution < -0.4 is 16.0 Å². The number of nitrogens with zero attached hydrogens (tertiary/aromatic N) is 1. The van der Waals surface area contributed by atoms with Crippen LogP contribution in [0.25, 0.3) is 0 Å². The van der Waals surface area contributed by atoms with E-state index in [1.165, 1.54) is 12.3 Å². The molecular formula is C24H28ClF3N4O3. The van der Waals surface area contributed by atoms with Crippen molar-refractivity contribution in [2.75, 3.05) is 11.9 Å². The van der Waals surface area contributed by atoms with Crippen LogP contribution in [-0.2, 0) is 14.3 Å². The molecule has 0 saturated carbocycles. The minimum atomic E-state index is -4.65. The fourth-order valence-electron chi connectivity index (χ4n) is 4.36. The second-order valence-corrected chi connectivity index (χ2v) is 8.96. The van der Waals surface area contributed by atoms with Gasteiger partial charge in [0.2, 0.25) is 6.41 Å². The number of halogens is 4. The molecule has 2 amide bonds. The summed E-state index contributed by atoms with van der Waals surface area (Å²) < 4.78 is 45.8. The summed E-state index contributed by atoms with van der Waals surface area (Å²) in [6.07, 6.45) is -0.637. The molecule has 1 aromatic rings. The number of hydrogen-bond donors (Lipinski definition) is 3. The summed E-state index contributed by atoms with van der Waals surface area (Å²) in [5.74, 6) is -0.417. The van der Waals surface area contributed by atoms with Crippen molar-refractivity contribution < 1.29 is 27.5 Å². The van der Waals surface area contributed by atoms with Crippen LogP contribution in [0.5, 0.6) is 0 Å². The Bertz CT molecular complexity index is 1030. The number of aliphatic imine (C=N–C) groups is 1. The van der Waals surface area contributed by atoms with Gasteiger partial charge in [0.1, 0.15) is 5.70 Å². The third kappa shape index (κ3) is 7.08. The highest BCUT2D eigenvalue weighted by Crippen LogP contribution is 2.38. The normalized spacial score (nSPS) is 21.3. The Labute approximate surface area is 206 Å². The van der Waals surface area contributed by atoms with Gasteiger partial charge in [-0.05, 0) is 56.6 Å². The molecule has 3 unspecified atom stereocenters. The Balaban J connectivity index is 1.88. The number of nitrogens with one attached hydrogen (secondary N) is 3. The number of rotatable bonds is 9. The molecule has 11 heteroatoms. The van der Waals surface area contributed by atoms with Gasteiger partial charge in [0.05, 0.1) is 34.2 Å². The van der Waals surface area contributed by atoms with Gasteiger partial charge in [0, 0.05) is 12.8 Å². The minimum absolute atomic E-state index is 0.110. The molecule has 0 spiro atoms. The van der Waals surface area contributed by atoms with Crippen LogP contribution in [0.4, 0.5) is 18.9 Å². The van der Waals surface area contributed by atoms with Crippen LogP contribution in [0.3, 0.4) is 0 Å². The summed E-state index contributed by atoms with van der Waals surface area (Å²) in [4.78, 5) is 27.3. The Morgan fingerprint density at radius 3 is 2.86 bits per heavy atom. The van der Waals surface area contributed by atoms with E-state index >= 15 is 0 Å². The molecule has 2 aliphatic heterocycles. The third-order valence-corrected chi connectivity index (χ3v) is 6.41. The van der Waals surface area contributed by atoms with Crippen LogP contribution in [0.1, 0.15) is 50.6 Å². The molecule has 1 aromatic carbocycles. The predicted molar refractivity (Wildman–Crippen MR) is 128 cm³/mol. The van der Waals surface area contributed by atoms with Gasteiger partial charge >= 0.3 is 6.18 Å². The molecular weight excluding hydrogens is 485 g/mol. The molecule has 2 heterocycles. The van der Waals surface area contributed by atoms with Crippen molar-refractivity contribution in [3.8, 4) is 0 Å². The van der Waals surface area contributed by atoms with E-state index in [2.05, 4.69) is 27.5 Å². The number of carbonyl (C=O) groups is 2. The average molecular weight is 513 g/mol. The minimum Gasteiger partial charge on any atom is -0.378 e. The van der Waals surface area contributed by atoms with Crippen molar-refractivity contribution in [2.45, 2.75) is 57.3 Å². The maximum Gasteiger partial charge on any atom is 0.414 e. The van der Waals surface area contributed by atoms with Crippen LogP contribution in [0, 0.1) is 5.92 Å². The molecule has 3 N–H and O–H groups in total. The lowest BCUT2D eigenvalue weighted by atomic mass is 9.87. The first-order valence-corrected chi connectivity index (χ1v) is 11.7. The number of benzene rings is 1. The predicted octanol–water partition coefficient (Wildman–Crippen LogP) is 5.01. The van der Waals surface area contributed by atoms with Crippen LogP contribution in [0.2, 0.25) is 5.02 Å². The number of carbonyl (C=O) groups excluding carboxylic acids is 2. The Hall–Kier alpha value is -2.85. The Morgan fingerprint density at radius 1 is 1.40 bits per heavy atom. The summed E-state index contributed by atoms with van der Waals surface area (Å²) in [5.41, 5.74) is -0.867. The molecule has 3 rings (SSSR count). The fraction of sp³-hybridized carbons (Fsp3) is 0.458. The van der Waals surface area contributed by atoms with Crippen molar-refractivity contribution in [1.82, 2.24) is 10.6 Å². The van der Waals surface area contributed by atoms with Gasteiger partial charge in [-0.15, -0.1) is 0 Å². The highest BCUT2D eigenvalue weighted by Gasteiger charge is 2.39. The molecule has 7 nitrogen and oxygen atoms in total. The number of hydrogen-bond acceptors (Lipinski definition) is 5. The largest absolute Gasteiger partial charge is 0.414 e. The standard InChI is InChI=1S/C24H28ClF3N4O3/c1-14-11-16(8-10-35-14)12-20(31-15(2)30-13-33)17-5-3-7-19(21(17)25)32-23(34)22-18(24(26,27)28)6-4-9-29-22/h3,5,7,9,13-14,16,20,31H,2,4,6,8,10-12H2,1H3,(H,30,33)(H,32,34). The van der Waals surface area contributed by atoms with Crippen molar-refractivity contribution in [3.63, 3.8) is 0 Å². The van der Waals surface area contributed by atoms with E-state index in [0.29, 0.717) is 30.9 Å². The third-order valence-electron chi connectivity index (χ3n) is 5.98. The lowest BCUT2D eigenvalue weighted by molar-refractivity contribution is -0.115. The lowest BCUT2D eigenvalue weighted by Gasteiger charge is -2.32. The van der Waals surface area contributed by atoms with Gasteiger partial charge in [-0.2, -0.15) is 13.2 Å². The molecule has 0 radical (unpaired) electrons. The van der Waals surface area contributed by atoms with Gasteiger partial charge in [0.15, 0.2) is 0 Å². The second-order valence-electron chi connectivity index (χ2n) is 8.58. The van der Waals surface area contributed by atoms with Gasteiger partial charge in [-0.25, -0.2) is 0 Å². The van der Waals surface area contributed by atoms with E-state index in [-0.39, 0.29) is 41.5 Å². The molecule has 0 bridgehead atoms. The van der Waals surface area contributed by atoms with Crippen molar-refractivity contribution in [2.24, 2.45) is 10.9 Å². The van der Waals surface area contributed by atoms with E-state index < -0.39 is 23.4 Å². The zero-order valence-electron chi connectivity index (χ0n) is 19.3. The van der Waals surface area contributed by atoms with E-state index in [9.17, 15) is 22.8 Å². The average Bonchev–Trinajstić information content (AvgIpc) is 2.79. The number of alkyl halides is 3. The van der Waals surface area contributed by atoms with Crippen molar-refractivity contribution >= 4 is 35.8 Å². The quantitative estimate of drug-likeness (QED) is 0.405. The number of anilines is 1. The highest BCUT2D eigenvalue weighted by molar-refractivity contribution is 6.34. The highest BCUT2D eigenvalue weighted by atomic mass is 35.5. The van der Waals surface area contributed by atoms with Crippen LogP contribution in [0.15, 0.2) is 46.9 Å². The summed E-state index contributed by atoms with van der Waals surface area (Å²) in [6.45, 7) is 6.43. The molecule has 0 aliphatic carbocycles. The first-order chi connectivity index (χ1) is 16.6. The lowest BCUT2D eigenvalue weighted by Crippen LogP contribution is -2.32. The summed E-state index contributed by atoms with van der Waals surface area (Å²) in [7, 11) is 0. The zero-order valence-corrected chi connectivity index (χ0v) is 20.0. The smallest absolute Gasteiger partial charge is 0.378 e. The molecule has 190 valence electrons. The fourth-order valence-corrected chi connectivity index (χ4v) is 4.66. The second kappa shape index (κ2) is 11.7. The Kier molecular flexibility index (Phi) is 8.96. The molecule has 1 saturated heterocycles. The molecule has 3 atom stereocenters. The maximum absolute atomic E-state index is 13.4. The summed E-state index contributed by atoms with van der Waals surface area (Å²) >= 11 is 6.64. The monoisotopic (exact) mass is 512 g/mol. The van der Waals surface area contributed by atoms with E-state index in [1.54, 1.807) is 12.1 Å². The van der Waals surface area contributed by atoms with Crippen molar-refractivity contribution in [1.29, 1.82) is 0 Å². The zero-order chi connectivity index (χ0) is 25.6. The van der Waals surface area contributed by atoms with Gasteiger partial charge in [-0.3, -0.25) is 14.6 Å². The van der Waals surface area contributed by atoms with E-state index in [0.717, 1.165) is 12.8 Å². The number of ether oxygens (including phenoxy) is 1. The van der Waals surface area contributed by atoms with Crippen molar-refractivity contribution in [3.05, 3.63) is 52.5 Å². The van der Waals surface area contributed by atoms with Gasteiger partial charge in [0.25, 0.3) is 5.91 Å².